The zero-order valence-electron chi connectivity index (χ0n) is 13.0. The minimum atomic E-state index is 0.0738. The quantitative estimate of drug-likeness (QED) is 0.762. The predicted octanol–water partition coefficient (Wildman–Crippen LogP) is 3.59. The van der Waals surface area contributed by atoms with Crippen LogP contribution in [0.4, 0.5) is 5.69 Å². The highest BCUT2D eigenvalue weighted by Gasteiger charge is 2.15. The van der Waals surface area contributed by atoms with E-state index in [4.69, 9.17) is 5.73 Å². The molecule has 1 amide bonds. The van der Waals surface area contributed by atoms with Crippen LogP contribution < -0.4 is 11.1 Å². The van der Waals surface area contributed by atoms with Gasteiger partial charge in [0.1, 0.15) is 0 Å². The van der Waals surface area contributed by atoms with Gasteiger partial charge in [0.2, 0.25) is 5.91 Å². The summed E-state index contributed by atoms with van der Waals surface area (Å²) in [5.41, 5.74) is 7.91. The largest absolute Gasteiger partial charge is 0.330 e. The van der Waals surface area contributed by atoms with Gasteiger partial charge in [0.05, 0.1) is 0 Å². The summed E-state index contributed by atoms with van der Waals surface area (Å²) in [7, 11) is 0. The molecule has 0 aliphatic rings. The van der Waals surface area contributed by atoms with Gasteiger partial charge in [0.15, 0.2) is 0 Å². The van der Waals surface area contributed by atoms with Gasteiger partial charge < -0.3 is 11.1 Å². The molecule has 0 spiro atoms. The Hall–Kier alpha value is -1.35. The number of benzene rings is 1. The van der Waals surface area contributed by atoms with Crippen molar-refractivity contribution in [3.05, 3.63) is 29.8 Å². The first-order valence-corrected chi connectivity index (χ1v) is 7.64. The van der Waals surface area contributed by atoms with E-state index in [9.17, 15) is 4.79 Å². The second-order valence-electron chi connectivity index (χ2n) is 5.89. The second kappa shape index (κ2) is 8.75. The lowest BCUT2D eigenvalue weighted by Gasteiger charge is -2.17. The first-order chi connectivity index (χ1) is 9.56. The molecule has 0 aromatic heterocycles. The molecule has 20 heavy (non-hydrogen) atoms. The number of carbonyl (C=O) groups is 1. The minimum absolute atomic E-state index is 0.0738. The summed E-state index contributed by atoms with van der Waals surface area (Å²) in [6.45, 7) is 7.04. The summed E-state index contributed by atoms with van der Waals surface area (Å²) in [5.74, 6) is 0.918. The zero-order chi connectivity index (χ0) is 15.0. The Morgan fingerprint density at radius 1 is 1.30 bits per heavy atom. The van der Waals surface area contributed by atoms with Crippen molar-refractivity contribution >= 4 is 11.6 Å². The van der Waals surface area contributed by atoms with Crippen molar-refractivity contribution in [3.8, 4) is 0 Å². The molecule has 0 bridgehead atoms. The molecule has 0 aliphatic carbocycles. The lowest BCUT2D eigenvalue weighted by molar-refractivity contribution is -0.117. The predicted molar refractivity (Wildman–Crippen MR) is 85.7 cm³/mol. The van der Waals surface area contributed by atoms with Crippen molar-refractivity contribution in [1.82, 2.24) is 0 Å². The number of carbonyl (C=O) groups excluding carboxylic acids is 1. The van der Waals surface area contributed by atoms with Crippen molar-refractivity contribution in [1.29, 1.82) is 0 Å². The Balaban J connectivity index is 2.61. The van der Waals surface area contributed by atoms with Crippen molar-refractivity contribution in [2.24, 2.45) is 17.6 Å². The summed E-state index contributed by atoms with van der Waals surface area (Å²) in [6.07, 6.45) is 3.57. The SMILES string of the molecule is CCCc1ccccc1NC(=O)C[C@@H](CN)CC(C)C. The summed E-state index contributed by atoms with van der Waals surface area (Å²) in [5, 5.41) is 3.04. The Bertz CT molecular complexity index is 415. The summed E-state index contributed by atoms with van der Waals surface area (Å²) in [4.78, 5) is 12.2. The van der Waals surface area contributed by atoms with Gasteiger partial charge in [-0.1, -0.05) is 45.4 Å². The number of para-hydroxylation sites is 1. The Labute approximate surface area is 122 Å². The number of rotatable bonds is 8. The van der Waals surface area contributed by atoms with E-state index in [1.165, 1.54) is 5.56 Å². The fourth-order valence-corrected chi connectivity index (χ4v) is 2.52. The Morgan fingerprint density at radius 2 is 2.00 bits per heavy atom. The van der Waals surface area contributed by atoms with Crippen LogP contribution in [0, 0.1) is 11.8 Å². The molecule has 0 heterocycles. The molecule has 112 valence electrons. The maximum absolute atomic E-state index is 12.2. The highest BCUT2D eigenvalue weighted by molar-refractivity contribution is 5.91. The van der Waals surface area contributed by atoms with E-state index in [0.29, 0.717) is 18.9 Å². The van der Waals surface area contributed by atoms with Gasteiger partial charge in [-0.3, -0.25) is 4.79 Å². The number of hydrogen-bond donors (Lipinski definition) is 2. The average Bonchev–Trinajstić information content (AvgIpc) is 2.40. The van der Waals surface area contributed by atoms with Crippen LogP contribution in [0.1, 0.15) is 45.6 Å². The molecule has 0 aliphatic heterocycles. The van der Waals surface area contributed by atoms with Gasteiger partial charge in [0.25, 0.3) is 0 Å². The van der Waals surface area contributed by atoms with E-state index in [0.717, 1.165) is 24.9 Å². The first kappa shape index (κ1) is 16.7. The first-order valence-electron chi connectivity index (χ1n) is 7.64. The average molecular weight is 276 g/mol. The number of amides is 1. The lowest BCUT2D eigenvalue weighted by Crippen LogP contribution is -2.23. The second-order valence-corrected chi connectivity index (χ2v) is 5.89. The van der Waals surface area contributed by atoms with Gasteiger partial charge in [0, 0.05) is 12.1 Å². The topological polar surface area (TPSA) is 55.1 Å². The third-order valence-electron chi connectivity index (χ3n) is 3.42. The summed E-state index contributed by atoms with van der Waals surface area (Å²) < 4.78 is 0. The maximum Gasteiger partial charge on any atom is 0.224 e. The number of aryl methyl sites for hydroxylation is 1. The molecular formula is C17H28N2O. The standard InChI is InChI=1S/C17H28N2O/c1-4-7-15-8-5-6-9-16(15)19-17(20)11-14(12-18)10-13(2)3/h5-6,8-9,13-14H,4,7,10-12,18H2,1-3H3,(H,19,20)/t14-/m0/s1. The molecule has 0 unspecified atom stereocenters. The number of nitrogens with two attached hydrogens (primary N) is 1. The third kappa shape index (κ3) is 5.74. The highest BCUT2D eigenvalue weighted by Crippen LogP contribution is 2.19. The van der Waals surface area contributed by atoms with Gasteiger partial charge in [-0.25, -0.2) is 0 Å². The van der Waals surface area contributed by atoms with E-state index in [2.05, 4.69) is 32.2 Å². The van der Waals surface area contributed by atoms with E-state index in [1.807, 2.05) is 18.2 Å². The molecule has 0 saturated carbocycles. The van der Waals surface area contributed by atoms with Crippen LogP contribution in [0.3, 0.4) is 0 Å². The van der Waals surface area contributed by atoms with E-state index in [-0.39, 0.29) is 11.8 Å². The Kier molecular flexibility index (Phi) is 7.31. The third-order valence-corrected chi connectivity index (χ3v) is 3.42. The van der Waals surface area contributed by atoms with E-state index >= 15 is 0 Å². The molecule has 0 radical (unpaired) electrons. The molecule has 1 atom stereocenters. The monoisotopic (exact) mass is 276 g/mol. The van der Waals surface area contributed by atoms with Crippen LogP contribution in [-0.2, 0) is 11.2 Å². The molecule has 3 nitrogen and oxygen atoms in total. The summed E-state index contributed by atoms with van der Waals surface area (Å²) >= 11 is 0. The summed E-state index contributed by atoms with van der Waals surface area (Å²) in [6, 6.07) is 8.03. The van der Waals surface area contributed by atoms with Crippen LogP contribution in [0.5, 0.6) is 0 Å². The van der Waals surface area contributed by atoms with Crippen molar-refractivity contribution < 1.29 is 4.79 Å². The lowest BCUT2D eigenvalue weighted by atomic mass is 9.94. The minimum Gasteiger partial charge on any atom is -0.330 e. The van der Waals surface area contributed by atoms with Gasteiger partial charge in [-0.05, 0) is 42.9 Å². The van der Waals surface area contributed by atoms with Crippen LogP contribution in [0.15, 0.2) is 24.3 Å². The van der Waals surface area contributed by atoms with Crippen molar-refractivity contribution in [2.45, 2.75) is 46.5 Å². The fraction of sp³-hybridized carbons (Fsp3) is 0.588. The van der Waals surface area contributed by atoms with Gasteiger partial charge in [-0.15, -0.1) is 0 Å². The van der Waals surface area contributed by atoms with E-state index < -0.39 is 0 Å². The molecule has 3 heteroatoms. The van der Waals surface area contributed by atoms with Crippen LogP contribution >= 0.6 is 0 Å². The van der Waals surface area contributed by atoms with Crippen LogP contribution in [0.2, 0.25) is 0 Å². The maximum atomic E-state index is 12.2. The number of anilines is 1. The van der Waals surface area contributed by atoms with Crippen LogP contribution in [-0.4, -0.2) is 12.5 Å². The van der Waals surface area contributed by atoms with Crippen LogP contribution in [0.25, 0.3) is 0 Å². The molecule has 1 aromatic carbocycles. The normalized spacial score (nSPS) is 12.4. The molecule has 0 fully saturated rings. The van der Waals surface area contributed by atoms with Gasteiger partial charge >= 0.3 is 0 Å². The van der Waals surface area contributed by atoms with Crippen molar-refractivity contribution in [3.63, 3.8) is 0 Å². The zero-order valence-corrected chi connectivity index (χ0v) is 13.0. The number of nitrogens with one attached hydrogen (secondary N) is 1. The molecule has 3 N–H and O–H groups in total. The molecular weight excluding hydrogens is 248 g/mol. The van der Waals surface area contributed by atoms with E-state index in [1.54, 1.807) is 0 Å². The number of hydrogen-bond acceptors (Lipinski definition) is 2. The smallest absolute Gasteiger partial charge is 0.224 e. The Morgan fingerprint density at radius 3 is 2.60 bits per heavy atom. The molecule has 1 aromatic rings. The fourth-order valence-electron chi connectivity index (χ4n) is 2.52. The van der Waals surface area contributed by atoms with Gasteiger partial charge in [-0.2, -0.15) is 0 Å². The van der Waals surface area contributed by atoms with Crippen molar-refractivity contribution in [2.75, 3.05) is 11.9 Å². The molecule has 1 rings (SSSR count). The highest BCUT2D eigenvalue weighted by atomic mass is 16.1. The molecule has 0 saturated heterocycles.